The first-order valence-electron chi connectivity index (χ1n) is 5.40. The average Bonchev–Trinajstić information content (AvgIpc) is 2.34. The van der Waals surface area contributed by atoms with Gasteiger partial charge >= 0.3 is 0 Å². The van der Waals surface area contributed by atoms with Crippen molar-refractivity contribution < 1.29 is 0 Å². The van der Waals surface area contributed by atoms with E-state index in [1.807, 2.05) is 25.1 Å². The van der Waals surface area contributed by atoms with Crippen molar-refractivity contribution in [3.63, 3.8) is 0 Å². The largest absolute Gasteiger partial charge is 0.375 e. The van der Waals surface area contributed by atoms with E-state index < -0.39 is 0 Å². The fourth-order valence-electron chi connectivity index (χ4n) is 1.60. The van der Waals surface area contributed by atoms with Crippen molar-refractivity contribution in [1.82, 2.24) is 4.98 Å². The number of nitrogens with zero attached hydrogens (tertiary/aromatic N) is 1. The second kappa shape index (κ2) is 5.91. The fraction of sp³-hybridized carbons (Fsp3) is 0.154. The second-order valence-electron chi connectivity index (χ2n) is 3.87. The molecule has 2 nitrogen and oxygen atoms in total. The number of hydrogen-bond acceptors (Lipinski definition) is 2. The van der Waals surface area contributed by atoms with E-state index in [2.05, 4.69) is 26.2 Å². The lowest BCUT2D eigenvalue weighted by Crippen LogP contribution is -2.08. The zero-order valence-electron chi connectivity index (χ0n) is 9.62. The highest BCUT2D eigenvalue weighted by atomic mass is 79.9. The zero-order chi connectivity index (χ0) is 13.1. The smallest absolute Gasteiger partial charge is 0.0724 e. The summed E-state index contributed by atoms with van der Waals surface area (Å²) in [5.74, 6) is 0. The van der Waals surface area contributed by atoms with Gasteiger partial charge in [0.25, 0.3) is 0 Å². The van der Waals surface area contributed by atoms with Gasteiger partial charge in [-0.3, -0.25) is 4.98 Å². The molecular formula is C13H11BrCl2N2. The molecule has 2 aromatic rings. The van der Waals surface area contributed by atoms with Crippen LogP contribution in [-0.4, -0.2) is 4.98 Å². The van der Waals surface area contributed by atoms with Gasteiger partial charge in [0, 0.05) is 10.7 Å². The number of pyridine rings is 1. The molecule has 0 aliphatic carbocycles. The van der Waals surface area contributed by atoms with E-state index >= 15 is 0 Å². The van der Waals surface area contributed by atoms with Crippen LogP contribution in [0.3, 0.4) is 0 Å². The van der Waals surface area contributed by atoms with Crippen molar-refractivity contribution in [3.8, 4) is 0 Å². The zero-order valence-corrected chi connectivity index (χ0v) is 12.7. The minimum Gasteiger partial charge on any atom is -0.375 e. The molecule has 0 spiro atoms. The highest BCUT2D eigenvalue weighted by Gasteiger charge is 2.12. The topological polar surface area (TPSA) is 24.9 Å². The molecule has 0 bridgehead atoms. The highest BCUT2D eigenvalue weighted by molar-refractivity contribution is 9.10. The van der Waals surface area contributed by atoms with E-state index in [0.717, 1.165) is 15.9 Å². The summed E-state index contributed by atoms with van der Waals surface area (Å²) in [6.07, 6.45) is 1.76. The molecule has 0 aliphatic heterocycles. The standard InChI is InChI=1S/C13H11BrCl2N2/c1-8(12-4-2-3-5-17-12)18-13-10(15)6-9(14)7-11(13)16/h2-8,18H,1H3. The summed E-state index contributed by atoms with van der Waals surface area (Å²) in [5, 5.41) is 4.44. The normalized spacial score (nSPS) is 12.2. The Kier molecular flexibility index (Phi) is 4.49. The Balaban J connectivity index is 2.25. The minimum atomic E-state index is 0.0300. The molecule has 0 fully saturated rings. The number of aromatic nitrogens is 1. The van der Waals surface area contributed by atoms with Crippen LogP contribution in [0, 0.1) is 0 Å². The predicted molar refractivity (Wildman–Crippen MR) is 80.4 cm³/mol. The number of hydrogen-bond donors (Lipinski definition) is 1. The van der Waals surface area contributed by atoms with Gasteiger partial charge in [-0.25, -0.2) is 0 Å². The maximum Gasteiger partial charge on any atom is 0.0724 e. The van der Waals surface area contributed by atoms with Gasteiger partial charge in [-0.1, -0.05) is 45.2 Å². The van der Waals surface area contributed by atoms with Crippen molar-refractivity contribution in [2.75, 3.05) is 5.32 Å². The monoisotopic (exact) mass is 344 g/mol. The van der Waals surface area contributed by atoms with Crippen LogP contribution in [0.1, 0.15) is 18.7 Å². The first-order chi connectivity index (χ1) is 8.58. The molecule has 0 saturated heterocycles. The third-order valence-corrected chi connectivity index (χ3v) is 3.55. The lowest BCUT2D eigenvalue weighted by molar-refractivity contribution is 0.839. The van der Waals surface area contributed by atoms with E-state index in [1.54, 1.807) is 18.3 Å². The molecule has 1 aromatic heterocycles. The molecule has 1 atom stereocenters. The Morgan fingerprint density at radius 1 is 1.22 bits per heavy atom. The molecule has 5 heteroatoms. The van der Waals surface area contributed by atoms with Crippen LogP contribution in [0.5, 0.6) is 0 Å². The lowest BCUT2D eigenvalue weighted by atomic mass is 10.2. The van der Waals surface area contributed by atoms with Gasteiger partial charge in [0.05, 0.1) is 27.5 Å². The van der Waals surface area contributed by atoms with Crippen LogP contribution in [0.2, 0.25) is 10.0 Å². The van der Waals surface area contributed by atoms with Crippen LogP contribution in [0.4, 0.5) is 5.69 Å². The summed E-state index contributed by atoms with van der Waals surface area (Å²) in [5.41, 5.74) is 1.66. The summed E-state index contributed by atoms with van der Waals surface area (Å²) < 4.78 is 0.855. The van der Waals surface area contributed by atoms with Gasteiger partial charge in [-0.05, 0) is 31.2 Å². The van der Waals surface area contributed by atoms with E-state index in [-0.39, 0.29) is 6.04 Å². The number of anilines is 1. The number of nitrogens with one attached hydrogen (secondary N) is 1. The SMILES string of the molecule is CC(Nc1c(Cl)cc(Br)cc1Cl)c1ccccn1. The number of halogens is 3. The van der Waals surface area contributed by atoms with Gasteiger partial charge in [0.15, 0.2) is 0 Å². The van der Waals surface area contributed by atoms with Gasteiger partial charge in [-0.15, -0.1) is 0 Å². The van der Waals surface area contributed by atoms with Crippen molar-refractivity contribution in [1.29, 1.82) is 0 Å². The molecule has 1 N–H and O–H groups in total. The predicted octanol–water partition coefficient (Wildman–Crippen LogP) is 5.32. The molecule has 0 radical (unpaired) electrons. The van der Waals surface area contributed by atoms with Crippen LogP contribution in [0.15, 0.2) is 41.0 Å². The highest BCUT2D eigenvalue weighted by Crippen LogP contribution is 2.35. The number of rotatable bonds is 3. The fourth-order valence-corrected chi connectivity index (χ4v) is 2.92. The first-order valence-corrected chi connectivity index (χ1v) is 6.95. The molecule has 2 rings (SSSR count). The summed E-state index contributed by atoms with van der Waals surface area (Å²) in [4.78, 5) is 4.29. The molecular weight excluding hydrogens is 335 g/mol. The Hall–Kier alpha value is -0.770. The third kappa shape index (κ3) is 3.16. The Morgan fingerprint density at radius 2 is 1.89 bits per heavy atom. The summed E-state index contributed by atoms with van der Waals surface area (Å²) >= 11 is 15.7. The third-order valence-electron chi connectivity index (χ3n) is 2.50. The molecule has 0 amide bonds. The molecule has 1 heterocycles. The molecule has 1 unspecified atom stereocenters. The quantitative estimate of drug-likeness (QED) is 0.813. The Bertz CT molecular complexity index is 523. The second-order valence-corrected chi connectivity index (χ2v) is 5.60. The van der Waals surface area contributed by atoms with Gasteiger partial charge in [0.2, 0.25) is 0 Å². The summed E-state index contributed by atoms with van der Waals surface area (Å²) in [7, 11) is 0. The lowest BCUT2D eigenvalue weighted by Gasteiger charge is -2.17. The van der Waals surface area contributed by atoms with Gasteiger partial charge < -0.3 is 5.32 Å². The number of benzene rings is 1. The van der Waals surface area contributed by atoms with E-state index in [9.17, 15) is 0 Å². The van der Waals surface area contributed by atoms with E-state index in [1.165, 1.54) is 0 Å². The Morgan fingerprint density at radius 3 is 2.44 bits per heavy atom. The van der Waals surface area contributed by atoms with Crippen molar-refractivity contribution in [3.05, 3.63) is 56.7 Å². The molecule has 1 aromatic carbocycles. The van der Waals surface area contributed by atoms with Crippen molar-refractivity contribution in [2.45, 2.75) is 13.0 Å². The van der Waals surface area contributed by atoms with E-state index in [4.69, 9.17) is 23.2 Å². The molecule has 94 valence electrons. The average molecular weight is 346 g/mol. The first kappa shape index (κ1) is 13.7. The van der Waals surface area contributed by atoms with Crippen molar-refractivity contribution >= 4 is 44.8 Å². The van der Waals surface area contributed by atoms with Crippen LogP contribution in [0.25, 0.3) is 0 Å². The Labute approximate surface area is 124 Å². The molecule has 0 saturated carbocycles. The van der Waals surface area contributed by atoms with Gasteiger partial charge in [-0.2, -0.15) is 0 Å². The van der Waals surface area contributed by atoms with E-state index in [0.29, 0.717) is 10.0 Å². The maximum atomic E-state index is 6.17. The van der Waals surface area contributed by atoms with Crippen LogP contribution < -0.4 is 5.32 Å². The van der Waals surface area contributed by atoms with Crippen LogP contribution >= 0.6 is 39.1 Å². The molecule has 18 heavy (non-hydrogen) atoms. The maximum absolute atomic E-state index is 6.17. The van der Waals surface area contributed by atoms with Crippen molar-refractivity contribution in [2.24, 2.45) is 0 Å². The molecule has 0 aliphatic rings. The summed E-state index contributed by atoms with van der Waals surface area (Å²) in [6.45, 7) is 2.01. The van der Waals surface area contributed by atoms with Gasteiger partial charge in [0.1, 0.15) is 0 Å². The summed E-state index contributed by atoms with van der Waals surface area (Å²) in [6, 6.07) is 9.43. The van der Waals surface area contributed by atoms with Crippen LogP contribution in [-0.2, 0) is 0 Å². The minimum absolute atomic E-state index is 0.0300.